The summed E-state index contributed by atoms with van der Waals surface area (Å²) in [6.45, 7) is 3.93. The Morgan fingerprint density at radius 3 is 2.79 bits per heavy atom. The van der Waals surface area contributed by atoms with Crippen molar-refractivity contribution in [1.29, 1.82) is 0 Å². The highest BCUT2D eigenvalue weighted by molar-refractivity contribution is 5.91. The Morgan fingerprint density at radius 2 is 2.21 bits per heavy atom. The van der Waals surface area contributed by atoms with Crippen LogP contribution >= 0.6 is 0 Å². The summed E-state index contributed by atoms with van der Waals surface area (Å²) in [4.78, 5) is 27.1. The van der Waals surface area contributed by atoms with Crippen LogP contribution in [0.2, 0.25) is 0 Å². The van der Waals surface area contributed by atoms with E-state index >= 15 is 0 Å². The Balaban J connectivity index is 2.92. The van der Waals surface area contributed by atoms with Crippen LogP contribution in [0.1, 0.15) is 29.4 Å². The van der Waals surface area contributed by atoms with E-state index in [9.17, 15) is 14.0 Å². The molecule has 0 saturated heterocycles. The normalized spacial score (nSPS) is 10.9. The summed E-state index contributed by atoms with van der Waals surface area (Å²) in [6.07, 6.45) is 2.01. The van der Waals surface area contributed by atoms with Gasteiger partial charge in [-0.3, -0.25) is 4.79 Å². The van der Waals surface area contributed by atoms with E-state index < -0.39 is 17.2 Å². The molecule has 0 aromatic carbocycles. The number of carbonyl (C=O) groups is 1. The third-order valence-corrected chi connectivity index (χ3v) is 2.87. The fraction of sp³-hybridized carbons (Fsp3) is 0.308. The van der Waals surface area contributed by atoms with E-state index in [1.807, 2.05) is 6.92 Å². The molecule has 2 heterocycles. The smallest absolute Gasteiger partial charge is 0.341 e. The Morgan fingerprint density at radius 1 is 1.53 bits per heavy atom. The number of nitrogens with zero attached hydrogens (tertiary/aromatic N) is 2. The maximum absolute atomic E-state index is 13.5. The number of fused-ring (bicyclic) bond motifs is 1. The van der Waals surface area contributed by atoms with Gasteiger partial charge in [-0.1, -0.05) is 6.92 Å². The molecule has 0 aliphatic rings. The van der Waals surface area contributed by atoms with Crippen LogP contribution in [-0.2, 0) is 6.54 Å². The van der Waals surface area contributed by atoms with Crippen molar-refractivity contribution in [3.63, 3.8) is 0 Å². The van der Waals surface area contributed by atoms with Crippen LogP contribution in [0, 0.1) is 12.7 Å². The van der Waals surface area contributed by atoms with Crippen molar-refractivity contribution in [2.75, 3.05) is 0 Å². The number of rotatable bonds is 3. The Kier molecular flexibility index (Phi) is 3.33. The largest absolute Gasteiger partial charge is 0.477 e. The number of aromatic carboxylic acids is 1. The minimum absolute atomic E-state index is 0.00329. The predicted octanol–water partition coefficient (Wildman–Crippen LogP) is 1.95. The molecule has 0 saturated carbocycles. The van der Waals surface area contributed by atoms with Gasteiger partial charge in [-0.2, -0.15) is 0 Å². The molecule has 0 bridgehead atoms. The van der Waals surface area contributed by atoms with E-state index in [-0.39, 0.29) is 16.6 Å². The molecule has 0 radical (unpaired) electrons. The maximum atomic E-state index is 13.5. The van der Waals surface area contributed by atoms with E-state index in [1.165, 1.54) is 13.1 Å². The predicted molar refractivity (Wildman–Crippen MR) is 67.9 cm³/mol. The number of hydrogen-bond acceptors (Lipinski definition) is 3. The van der Waals surface area contributed by atoms with Crippen molar-refractivity contribution < 1.29 is 14.3 Å². The van der Waals surface area contributed by atoms with Gasteiger partial charge in [0.05, 0.1) is 11.1 Å². The van der Waals surface area contributed by atoms with Gasteiger partial charge in [0.2, 0.25) is 5.43 Å². The monoisotopic (exact) mass is 264 g/mol. The molecule has 2 aromatic rings. The van der Waals surface area contributed by atoms with Crippen molar-refractivity contribution in [2.24, 2.45) is 0 Å². The van der Waals surface area contributed by atoms with Gasteiger partial charge in [-0.25, -0.2) is 14.2 Å². The van der Waals surface area contributed by atoms with Gasteiger partial charge >= 0.3 is 5.97 Å². The average Bonchev–Trinajstić information content (AvgIpc) is 2.35. The Bertz CT molecular complexity index is 722. The van der Waals surface area contributed by atoms with Gasteiger partial charge in [-0.05, 0) is 19.4 Å². The number of carboxylic acid groups (broad SMARTS) is 1. The van der Waals surface area contributed by atoms with Crippen molar-refractivity contribution in [2.45, 2.75) is 26.8 Å². The standard InChI is InChI=1S/C13H13FN2O3/c1-3-4-16-6-9(13(18)19)11(17)8-5-10(14)7(2)15-12(8)16/h5-6H,3-4H2,1-2H3,(H,18,19). The lowest BCUT2D eigenvalue weighted by atomic mass is 10.1. The van der Waals surface area contributed by atoms with Crippen molar-refractivity contribution >= 4 is 17.0 Å². The van der Waals surface area contributed by atoms with Gasteiger partial charge < -0.3 is 9.67 Å². The van der Waals surface area contributed by atoms with Gasteiger partial charge in [0, 0.05) is 12.7 Å². The van der Waals surface area contributed by atoms with Crippen molar-refractivity contribution in [3.05, 3.63) is 39.6 Å². The molecule has 0 aliphatic carbocycles. The number of halogens is 1. The first-order chi connectivity index (χ1) is 8.95. The second kappa shape index (κ2) is 4.79. The summed E-state index contributed by atoms with van der Waals surface area (Å²) in [6, 6.07) is 1.05. The van der Waals surface area contributed by atoms with Gasteiger partial charge in [0.1, 0.15) is 17.0 Å². The first-order valence-corrected chi connectivity index (χ1v) is 5.89. The molecule has 0 fully saturated rings. The maximum Gasteiger partial charge on any atom is 0.341 e. The van der Waals surface area contributed by atoms with Crippen molar-refractivity contribution in [1.82, 2.24) is 9.55 Å². The van der Waals surface area contributed by atoms with E-state index in [0.29, 0.717) is 12.2 Å². The molecule has 0 unspecified atom stereocenters. The van der Waals surface area contributed by atoms with E-state index in [1.54, 1.807) is 4.57 Å². The third-order valence-electron chi connectivity index (χ3n) is 2.87. The minimum atomic E-state index is -1.32. The third kappa shape index (κ3) is 2.21. The van der Waals surface area contributed by atoms with Crippen LogP contribution in [0.25, 0.3) is 11.0 Å². The Labute approximate surface area is 108 Å². The molecule has 0 atom stereocenters. The zero-order valence-corrected chi connectivity index (χ0v) is 10.6. The first-order valence-electron chi connectivity index (χ1n) is 5.89. The highest BCUT2D eigenvalue weighted by Crippen LogP contribution is 2.14. The molecule has 0 spiro atoms. The van der Waals surface area contributed by atoms with Crippen LogP contribution in [0.5, 0.6) is 0 Å². The second-order valence-corrected chi connectivity index (χ2v) is 4.30. The van der Waals surface area contributed by atoms with Crippen LogP contribution in [-0.4, -0.2) is 20.6 Å². The van der Waals surface area contributed by atoms with Crippen LogP contribution in [0.4, 0.5) is 4.39 Å². The molecule has 6 heteroatoms. The summed E-state index contributed by atoms with van der Waals surface area (Å²) in [7, 11) is 0. The fourth-order valence-electron chi connectivity index (χ4n) is 1.94. The molecule has 0 aliphatic heterocycles. The highest BCUT2D eigenvalue weighted by atomic mass is 19.1. The van der Waals surface area contributed by atoms with Crippen LogP contribution in [0.15, 0.2) is 17.1 Å². The topological polar surface area (TPSA) is 72.2 Å². The number of hydrogen-bond donors (Lipinski definition) is 1. The molecule has 100 valence electrons. The molecule has 1 N–H and O–H groups in total. The molecule has 0 amide bonds. The zero-order chi connectivity index (χ0) is 14.2. The van der Waals surface area contributed by atoms with E-state index in [2.05, 4.69) is 4.98 Å². The quantitative estimate of drug-likeness (QED) is 0.919. The lowest BCUT2D eigenvalue weighted by molar-refractivity contribution is 0.0695. The Hall–Kier alpha value is -2.24. The van der Waals surface area contributed by atoms with Crippen LogP contribution in [0.3, 0.4) is 0 Å². The van der Waals surface area contributed by atoms with E-state index in [4.69, 9.17) is 5.11 Å². The summed E-state index contributed by atoms with van der Waals surface area (Å²) in [5.74, 6) is -1.94. The SMILES string of the molecule is CCCn1cc(C(=O)O)c(=O)c2cc(F)c(C)nc21. The minimum Gasteiger partial charge on any atom is -0.477 e. The summed E-state index contributed by atoms with van der Waals surface area (Å²) >= 11 is 0. The lowest BCUT2D eigenvalue weighted by Gasteiger charge is -2.11. The van der Waals surface area contributed by atoms with Crippen molar-refractivity contribution in [3.8, 4) is 0 Å². The molecule has 2 rings (SSSR count). The van der Waals surface area contributed by atoms with Crippen LogP contribution < -0.4 is 5.43 Å². The van der Waals surface area contributed by atoms with E-state index in [0.717, 1.165) is 12.5 Å². The highest BCUT2D eigenvalue weighted by Gasteiger charge is 2.16. The lowest BCUT2D eigenvalue weighted by Crippen LogP contribution is -2.20. The molecule has 19 heavy (non-hydrogen) atoms. The number of pyridine rings is 2. The first kappa shape index (κ1) is 13.2. The second-order valence-electron chi connectivity index (χ2n) is 4.30. The molecular weight excluding hydrogens is 251 g/mol. The summed E-state index contributed by atoms with van der Waals surface area (Å²) < 4.78 is 15.1. The van der Waals surface area contributed by atoms with Gasteiger partial charge in [0.25, 0.3) is 0 Å². The molecule has 2 aromatic heterocycles. The number of aromatic nitrogens is 2. The zero-order valence-electron chi connectivity index (χ0n) is 10.6. The number of carboxylic acids is 1. The summed E-state index contributed by atoms with van der Waals surface area (Å²) in [5, 5.41) is 9.01. The summed E-state index contributed by atoms with van der Waals surface area (Å²) in [5.41, 5.74) is -0.581. The number of aryl methyl sites for hydroxylation is 2. The fourth-order valence-corrected chi connectivity index (χ4v) is 1.94. The van der Waals surface area contributed by atoms with Gasteiger partial charge in [0.15, 0.2) is 0 Å². The molecular formula is C13H13FN2O3. The van der Waals surface area contributed by atoms with Gasteiger partial charge in [-0.15, -0.1) is 0 Å². The molecule has 5 nitrogen and oxygen atoms in total. The average molecular weight is 264 g/mol.